The van der Waals surface area contributed by atoms with Crippen LogP contribution in [0.15, 0.2) is 30.3 Å². The topological polar surface area (TPSA) is 481 Å². The molecule has 0 saturated heterocycles. The van der Waals surface area contributed by atoms with Gasteiger partial charge < -0.3 is 85.7 Å². The van der Waals surface area contributed by atoms with Crippen molar-refractivity contribution in [3.05, 3.63) is 35.9 Å². The Labute approximate surface area is 467 Å². The molecule has 11 atom stereocenters. The van der Waals surface area contributed by atoms with Gasteiger partial charge in [-0.1, -0.05) is 44.2 Å². The third-order valence-corrected chi connectivity index (χ3v) is 12.2. The monoisotopic (exact) mass is 1160 g/mol. The molecule has 0 heterocycles. The molecule has 0 spiro atoms. The molecule has 0 radical (unpaired) electrons. The number of carbonyl (C=O) groups excluding carboxylic acids is 12. The van der Waals surface area contributed by atoms with E-state index in [9.17, 15) is 77.6 Å². The zero-order valence-corrected chi connectivity index (χ0v) is 46.4. The number of amides is 12. The summed E-state index contributed by atoms with van der Waals surface area (Å²) in [6.45, 7) is 6.09. The number of hydrogen-bond donors (Lipinski definition) is 18. The fourth-order valence-corrected chi connectivity index (χ4v) is 7.84. The van der Waals surface area contributed by atoms with E-state index < -0.39 is 169 Å². The average Bonchev–Trinajstić information content (AvgIpc) is 3.36. The van der Waals surface area contributed by atoms with Gasteiger partial charge in [0.15, 0.2) is 0 Å². The number of primary amides is 2. The number of carboxylic acid groups (broad SMARTS) is 1. The van der Waals surface area contributed by atoms with Crippen molar-refractivity contribution in [3.63, 3.8) is 0 Å². The number of rotatable bonds is 37. The number of thiol groups is 2. The number of nitrogens with one attached hydrogen (secondary N) is 10. The second kappa shape index (κ2) is 36.2. The van der Waals surface area contributed by atoms with Crippen LogP contribution in [0.3, 0.4) is 0 Å². The van der Waals surface area contributed by atoms with Crippen LogP contribution in [0, 0.1) is 5.92 Å². The van der Waals surface area contributed by atoms with Crippen LogP contribution in [-0.4, -0.2) is 183 Å². The molecule has 442 valence electrons. The van der Waals surface area contributed by atoms with E-state index in [2.05, 4.69) is 78.4 Å². The van der Waals surface area contributed by atoms with Crippen LogP contribution < -0.4 is 70.4 Å². The Hall–Kier alpha value is -7.09. The third kappa shape index (κ3) is 26.9. The molecule has 0 fully saturated rings. The number of carbonyl (C=O) groups is 13. The highest BCUT2D eigenvalue weighted by molar-refractivity contribution is 7.80. The predicted octanol–water partition coefficient (Wildman–Crippen LogP) is -6.25. The number of aliphatic hydroxyl groups excluding tert-OH is 2. The molecule has 29 nitrogen and oxygen atoms in total. The van der Waals surface area contributed by atoms with Gasteiger partial charge in [0.05, 0.1) is 25.2 Å². The van der Waals surface area contributed by atoms with Crippen LogP contribution in [0.4, 0.5) is 0 Å². The molecule has 0 aliphatic heterocycles. The molecule has 1 aromatic carbocycles. The minimum atomic E-state index is -1.80. The lowest BCUT2D eigenvalue weighted by atomic mass is 10.0. The minimum absolute atomic E-state index is 0.0792. The number of carboxylic acids is 1. The van der Waals surface area contributed by atoms with Gasteiger partial charge >= 0.3 is 5.97 Å². The van der Waals surface area contributed by atoms with E-state index in [-0.39, 0.29) is 49.7 Å². The highest BCUT2D eigenvalue weighted by Gasteiger charge is 2.36. The Bertz CT molecular complexity index is 2280. The van der Waals surface area contributed by atoms with Crippen molar-refractivity contribution in [2.75, 3.05) is 24.6 Å². The zero-order chi connectivity index (χ0) is 60.1. The first-order valence-corrected chi connectivity index (χ1v) is 26.4. The molecule has 0 saturated carbocycles. The Morgan fingerprint density at radius 3 is 1.48 bits per heavy atom. The SMILES string of the molecule is CC(=O)N[C@@H](CS)C(=O)N[C@H](C(=O)N[C@@H](CC(C)C)C(=O)N[C@@H](CCC(=O)O)C(=O)NCC(=O)N[C@@H](CC(N)=O)C(=O)N[C@@H](CCCCN)C(=O)N[C@@H](Cc1ccccc1)C(=O)N[C@H](C(=O)N[C@@H](CS)C(N)=O)[C@@H](C)O)[C@@H](C)O. The molecule has 79 heavy (non-hydrogen) atoms. The number of aliphatic hydroxyl groups is 2. The number of aliphatic carboxylic acids is 1. The molecular formula is C48H77N13O16S2. The summed E-state index contributed by atoms with van der Waals surface area (Å²) >= 11 is 8.02. The van der Waals surface area contributed by atoms with E-state index in [0.29, 0.717) is 12.0 Å². The zero-order valence-electron chi connectivity index (χ0n) is 44.6. The molecule has 19 N–H and O–H groups in total. The minimum Gasteiger partial charge on any atom is -0.481 e. The van der Waals surface area contributed by atoms with Crippen molar-refractivity contribution in [1.82, 2.24) is 53.2 Å². The molecule has 1 rings (SSSR count). The normalized spacial score (nSPS) is 15.2. The molecule has 0 bridgehead atoms. The molecule has 0 aliphatic rings. The number of hydrogen-bond acceptors (Lipinski definition) is 18. The van der Waals surface area contributed by atoms with Gasteiger partial charge in [0.1, 0.15) is 54.4 Å². The smallest absolute Gasteiger partial charge is 0.303 e. The van der Waals surface area contributed by atoms with Gasteiger partial charge in [-0.15, -0.1) is 0 Å². The van der Waals surface area contributed by atoms with Crippen molar-refractivity contribution >= 4 is 102 Å². The van der Waals surface area contributed by atoms with Crippen LogP contribution >= 0.6 is 25.3 Å². The fourth-order valence-electron chi connectivity index (χ4n) is 7.31. The highest BCUT2D eigenvalue weighted by atomic mass is 32.1. The molecule has 12 amide bonds. The summed E-state index contributed by atoms with van der Waals surface area (Å²) in [5.74, 6) is -13.9. The Kier molecular flexibility index (Phi) is 32.0. The first-order chi connectivity index (χ1) is 37.0. The van der Waals surface area contributed by atoms with Crippen molar-refractivity contribution in [1.29, 1.82) is 0 Å². The standard InChI is InChI=1S/C48H77N13O16S2/c1-23(2)17-30(58-47(76)38(24(3)62)61-46(75)34(22-79)53-26(5)64)43(72)56-29(14-15-37(67)68)41(70)52-20-36(66)54-32(19-35(50)65)44(73)55-28(13-9-10-16-49)42(71)57-31(18-27-11-7-6-8-12-27)45(74)60-39(25(4)63)48(77)59-33(21-78)40(51)69/h6-8,11-12,23-25,28-34,38-39,62-63,78-79H,9-10,13-22,49H2,1-5H3,(H2,50,65)(H2,51,69)(H,52,70)(H,53,64)(H,54,66)(H,55,73)(H,56,72)(H,57,71)(H,58,76)(H,59,77)(H,60,74)(H,61,75)(H,67,68)/t24-,25-,28+,29+,30+,31+,32+,33+,34+,38+,39+/m1/s1. The van der Waals surface area contributed by atoms with Gasteiger partial charge in [-0.3, -0.25) is 62.3 Å². The maximum absolute atomic E-state index is 14.1. The highest BCUT2D eigenvalue weighted by Crippen LogP contribution is 2.11. The van der Waals surface area contributed by atoms with Gasteiger partial charge in [0.2, 0.25) is 70.9 Å². The van der Waals surface area contributed by atoms with E-state index in [0.717, 1.165) is 6.92 Å². The lowest BCUT2D eigenvalue weighted by Gasteiger charge is -2.28. The molecule has 0 unspecified atom stereocenters. The van der Waals surface area contributed by atoms with Crippen LogP contribution in [0.1, 0.15) is 85.1 Å². The van der Waals surface area contributed by atoms with E-state index in [1.54, 1.807) is 44.2 Å². The molecule has 31 heteroatoms. The summed E-state index contributed by atoms with van der Waals surface area (Å²) in [7, 11) is 0. The van der Waals surface area contributed by atoms with E-state index in [1.165, 1.54) is 13.8 Å². The maximum atomic E-state index is 14.1. The number of unbranched alkanes of at least 4 members (excludes halogenated alkanes) is 1. The Balaban J connectivity index is 3.40. The van der Waals surface area contributed by atoms with Crippen molar-refractivity contribution in [2.24, 2.45) is 23.1 Å². The molecule has 1 aromatic rings. The quantitative estimate of drug-likeness (QED) is 0.0218. The maximum Gasteiger partial charge on any atom is 0.303 e. The van der Waals surface area contributed by atoms with Gasteiger partial charge in [0, 0.05) is 31.3 Å². The third-order valence-electron chi connectivity index (χ3n) is 11.4. The van der Waals surface area contributed by atoms with Gasteiger partial charge in [-0.25, -0.2) is 0 Å². The van der Waals surface area contributed by atoms with Crippen LogP contribution in [0.2, 0.25) is 0 Å². The van der Waals surface area contributed by atoms with Crippen LogP contribution in [-0.2, 0) is 68.7 Å². The predicted molar refractivity (Wildman–Crippen MR) is 290 cm³/mol. The largest absolute Gasteiger partial charge is 0.481 e. The second-order valence-corrected chi connectivity index (χ2v) is 19.6. The summed E-state index contributed by atoms with van der Waals surface area (Å²) < 4.78 is 0. The average molecular weight is 1160 g/mol. The van der Waals surface area contributed by atoms with Crippen LogP contribution in [0.25, 0.3) is 0 Å². The Morgan fingerprint density at radius 1 is 0.544 bits per heavy atom. The summed E-state index contributed by atoms with van der Waals surface area (Å²) in [6.07, 6.45) is -4.96. The molecular weight excluding hydrogens is 1080 g/mol. The van der Waals surface area contributed by atoms with Crippen molar-refractivity contribution in [2.45, 2.75) is 153 Å². The van der Waals surface area contributed by atoms with Crippen molar-refractivity contribution in [3.8, 4) is 0 Å². The van der Waals surface area contributed by atoms with Crippen LogP contribution in [0.5, 0.6) is 0 Å². The lowest BCUT2D eigenvalue weighted by Crippen LogP contribution is -2.61. The van der Waals surface area contributed by atoms with Gasteiger partial charge in [-0.2, -0.15) is 25.3 Å². The fraction of sp³-hybridized carbons (Fsp3) is 0.604. The molecule has 0 aromatic heterocycles. The van der Waals surface area contributed by atoms with E-state index in [4.69, 9.17) is 17.2 Å². The number of benzene rings is 1. The Morgan fingerprint density at radius 2 is 1.01 bits per heavy atom. The summed E-state index contributed by atoms with van der Waals surface area (Å²) in [4.78, 5) is 169. The van der Waals surface area contributed by atoms with Gasteiger partial charge in [-0.05, 0) is 64.0 Å². The molecule has 0 aliphatic carbocycles. The van der Waals surface area contributed by atoms with Crippen molar-refractivity contribution < 1.29 is 77.6 Å². The van der Waals surface area contributed by atoms with E-state index >= 15 is 0 Å². The van der Waals surface area contributed by atoms with E-state index in [1.807, 2.05) is 0 Å². The number of nitrogens with two attached hydrogens (primary N) is 3. The lowest BCUT2D eigenvalue weighted by molar-refractivity contribution is -0.138. The first kappa shape index (κ1) is 69.9. The first-order valence-electron chi connectivity index (χ1n) is 25.1. The second-order valence-electron chi connectivity index (χ2n) is 18.8. The summed E-state index contributed by atoms with van der Waals surface area (Å²) in [6, 6.07) is -5.43. The summed E-state index contributed by atoms with van der Waals surface area (Å²) in [5.41, 5.74) is 16.9. The van der Waals surface area contributed by atoms with Gasteiger partial charge in [0.25, 0.3) is 0 Å². The summed E-state index contributed by atoms with van der Waals surface area (Å²) in [5, 5.41) is 53.9.